The first-order valence-electron chi connectivity index (χ1n) is 8.12. The molecule has 0 aliphatic rings. The molecule has 0 fully saturated rings. The van der Waals surface area contributed by atoms with E-state index >= 15 is 0 Å². The molecule has 2 nitrogen and oxygen atoms in total. The lowest BCUT2D eigenvalue weighted by atomic mass is 9.92. The third-order valence-corrected chi connectivity index (χ3v) is 3.85. The summed E-state index contributed by atoms with van der Waals surface area (Å²) in [6.45, 7) is 17.1. The van der Waals surface area contributed by atoms with Gasteiger partial charge in [0.2, 0.25) is 0 Å². The van der Waals surface area contributed by atoms with E-state index in [4.69, 9.17) is 9.47 Å². The Morgan fingerprint density at radius 2 is 1.91 bits per heavy atom. The predicted octanol–water partition coefficient (Wildman–Crippen LogP) is 5.68. The minimum Gasteiger partial charge on any atom is -0.487 e. The molecular formula is C20H30O2. The molecule has 2 heteroatoms. The summed E-state index contributed by atoms with van der Waals surface area (Å²) in [7, 11) is 0. The third-order valence-electron chi connectivity index (χ3n) is 3.85. The summed E-state index contributed by atoms with van der Waals surface area (Å²) in [5.74, 6) is 1.02. The van der Waals surface area contributed by atoms with Gasteiger partial charge in [0, 0.05) is 12.5 Å². The largest absolute Gasteiger partial charge is 0.487 e. The summed E-state index contributed by atoms with van der Waals surface area (Å²) in [4.78, 5) is 0. The smallest absolute Gasteiger partial charge is 0.155 e. The van der Waals surface area contributed by atoms with Crippen LogP contribution in [0.15, 0.2) is 55.3 Å². The minimum atomic E-state index is -0.589. The van der Waals surface area contributed by atoms with Crippen LogP contribution >= 0.6 is 0 Å². The summed E-state index contributed by atoms with van der Waals surface area (Å²) in [6.07, 6.45) is 3.71. The maximum Gasteiger partial charge on any atom is 0.155 e. The van der Waals surface area contributed by atoms with Crippen molar-refractivity contribution in [2.24, 2.45) is 5.92 Å². The van der Waals surface area contributed by atoms with Gasteiger partial charge in [-0.15, -0.1) is 6.58 Å². The van der Waals surface area contributed by atoms with Gasteiger partial charge in [0.1, 0.15) is 5.60 Å². The highest BCUT2D eigenvalue weighted by molar-refractivity contribution is 5.23. The molecular weight excluding hydrogens is 272 g/mol. The molecule has 0 saturated carbocycles. The maximum absolute atomic E-state index is 6.19. The zero-order valence-electron chi connectivity index (χ0n) is 14.5. The Morgan fingerprint density at radius 3 is 2.41 bits per heavy atom. The number of hydrogen-bond acceptors (Lipinski definition) is 2. The maximum atomic E-state index is 6.19. The Balaban J connectivity index is 3.06. The topological polar surface area (TPSA) is 18.5 Å². The van der Waals surface area contributed by atoms with Crippen LogP contribution < -0.4 is 0 Å². The van der Waals surface area contributed by atoms with Gasteiger partial charge in [-0.05, 0) is 18.9 Å². The molecule has 0 aromatic heterocycles. The van der Waals surface area contributed by atoms with Gasteiger partial charge in [0.05, 0.1) is 5.76 Å². The van der Waals surface area contributed by atoms with Gasteiger partial charge >= 0.3 is 0 Å². The van der Waals surface area contributed by atoms with Crippen LogP contribution in [0.4, 0.5) is 0 Å². The SMILES string of the molecule is C=CC(C)(OCCCC)C(OC(=C)C(C)C)c1ccccc1. The lowest BCUT2D eigenvalue weighted by molar-refractivity contribution is -0.0977. The van der Waals surface area contributed by atoms with Gasteiger partial charge < -0.3 is 9.47 Å². The second-order valence-electron chi connectivity index (χ2n) is 6.12. The Hall–Kier alpha value is -1.54. The van der Waals surface area contributed by atoms with Crippen molar-refractivity contribution in [2.45, 2.75) is 52.2 Å². The summed E-state index contributed by atoms with van der Waals surface area (Å²) >= 11 is 0. The fourth-order valence-electron chi connectivity index (χ4n) is 2.11. The fraction of sp³-hybridized carbons (Fsp3) is 0.500. The van der Waals surface area contributed by atoms with Crippen molar-refractivity contribution in [3.63, 3.8) is 0 Å². The van der Waals surface area contributed by atoms with Crippen molar-refractivity contribution >= 4 is 0 Å². The quantitative estimate of drug-likeness (QED) is 0.315. The molecule has 1 aromatic rings. The zero-order chi connectivity index (χ0) is 16.6. The second-order valence-corrected chi connectivity index (χ2v) is 6.12. The molecule has 0 heterocycles. The van der Waals surface area contributed by atoms with E-state index in [1.54, 1.807) is 0 Å². The first kappa shape index (κ1) is 18.5. The van der Waals surface area contributed by atoms with E-state index in [0.717, 1.165) is 24.2 Å². The lowest BCUT2D eigenvalue weighted by Crippen LogP contribution is -2.36. The van der Waals surface area contributed by atoms with Crippen LogP contribution in [-0.4, -0.2) is 12.2 Å². The highest BCUT2D eigenvalue weighted by atomic mass is 16.6. The van der Waals surface area contributed by atoms with E-state index in [0.29, 0.717) is 6.61 Å². The van der Waals surface area contributed by atoms with Crippen LogP contribution in [0.3, 0.4) is 0 Å². The standard InChI is InChI=1S/C20H30O2/c1-7-9-15-21-20(6,8-2)19(22-17(5)16(3)4)18-13-11-10-12-14-18/h8,10-14,16,19H,2,5,7,9,15H2,1,3-4,6H3. The normalized spacial score (nSPS) is 15.1. The fourth-order valence-corrected chi connectivity index (χ4v) is 2.11. The van der Waals surface area contributed by atoms with Gasteiger partial charge in [0.15, 0.2) is 6.10 Å². The molecule has 0 saturated heterocycles. The summed E-state index contributed by atoms with van der Waals surface area (Å²) in [5, 5.41) is 0. The molecule has 22 heavy (non-hydrogen) atoms. The van der Waals surface area contributed by atoms with Crippen LogP contribution in [0.5, 0.6) is 0 Å². The van der Waals surface area contributed by atoms with Crippen LogP contribution in [-0.2, 0) is 9.47 Å². The third kappa shape index (κ3) is 5.03. The monoisotopic (exact) mass is 302 g/mol. The van der Waals surface area contributed by atoms with Crippen molar-refractivity contribution in [3.8, 4) is 0 Å². The highest BCUT2D eigenvalue weighted by Crippen LogP contribution is 2.36. The highest BCUT2D eigenvalue weighted by Gasteiger charge is 2.36. The van der Waals surface area contributed by atoms with Gasteiger partial charge in [-0.3, -0.25) is 0 Å². The van der Waals surface area contributed by atoms with E-state index in [1.165, 1.54) is 0 Å². The van der Waals surface area contributed by atoms with E-state index < -0.39 is 5.60 Å². The zero-order valence-corrected chi connectivity index (χ0v) is 14.5. The van der Waals surface area contributed by atoms with Crippen molar-refractivity contribution in [1.29, 1.82) is 0 Å². The molecule has 2 unspecified atom stereocenters. The molecule has 0 bridgehead atoms. The average Bonchev–Trinajstić information content (AvgIpc) is 2.53. The van der Waals surface area contributed by atoms with Crippen molar-refractivity contribution in [3.05, 3.63) is 60.9 Å². The Morgan fingerprint density at radius 1 is 1.27 bits per heavy atom. The molecule has 1 rings (SSSR count). The summed E-state index contributed by atoms with van der Waals surface area (Å²) < 4.78 is 12.3. The van der Waals surface area contributed by atoms with Gasteiger partial charge in [-0.1, -0.05) is 70.2 Å². The number of rotatable bonds is 10. The molecule has 122 valence electrons. The second kappa shape index (κ2) is 8.79. The van der Waals surface area contributed by atoms with Crippen LogP contribution in [0.25, 0.3) is 0 Å². The van der Waals surface area contributed by atoms with Crippen molar-refractivity contribution in [1.82, 2.24) is 0 Å². The van der Waals surface area contributed by atoms with Gasteiger partial charge in [-0.2, -0.15) is 0 Å². The molecule has 0 amide bonds. The molecule has 2 atom stereocenters. The van der Waals surface area contributed by atoms with E-state index in [-0.39, 0.29) is 12.0 Å². The summed E-state index contributed by atoms with van der Waals surface area (Å²) in [5.41, 5.74) is 0.483. The Labute approximate surface area is 135 Å². The minimum absolute atomic E-state index is 0.252. The first-order chi connectivity index (χ1) is 10.4. The van der Waals surface area contributed by atoms with Crippen LogP contribution in [0.2, 0.25) is 0 Å². The van der Waals surface area contributed by atoms with Gasteiger partial charge in [-0.25, -0.2) is 0 Å². The van der Waals surface area contributed by atoms with Crippen LogP contribution in [0, 0.1) is 5.92 Å². The van der Waals surface area contributed by atoms with Crippen molar-refractivity contribution < 1.29 is 9.47 Å². The van der Waals surface area contributed by atoms with E-state index in [2.05, 4.69) is 46.1 Å². The Bertz CT molecular complexity index is 464. The lowest BCUT2D eigenvalue weighted by Gasteiger charge is -2.36. The summed E-state index contributed by atoms with van der Waals surface area (Å²) in [6, 6.07) is 10.1. The molecule has 0 aliphatic heterocycles. The van der Waals surface area contributed by atoms with E-state index in [9.17, 15) is 0 Å². The first-order valence-corrected chi connectivity index (χ1v) is 8.12. The Kier molecular flexibility index (Phi) is 7.40. The van der Waals surface area contributed by atoms with E-state index in [1.807, 2.05) is 31.2 Å². The number of unbranched alkanes of at least 4 members (excludes halogenated alkanes) is 1. The van der Waals surface area contributed by atoms with Crippen molar-refractivity contribution in [2.75, 3.05) is 6.61 Å². The van der Waals surface area contributed by atoms with Crippen LogP contribution in [0.1, 0.15) is 52.2 Å². The predicted molar refractivity (Wildman–Crippen MR) is 93.7 cm³/mol. The number of hydrogen-bond donors (Lipinski definition) is 0. The average molecular weight is 302 g/mol. The molecule has 0 N–H and O–H groups in total. The molecule has 0 aliphatic carbocycles. The molecule has 1 aromatic carbocycles. The number of ether oxygens (including phenoxy) is 2. The number of allylic oxidation sites excluding steroid dienone is 1. The molecule has 0 radical (unpaired) electrons. The number of benzene rings is 1. The molecule has 0 spiro atoms. The van der Waals surface area contributed by atoms with Gasteiger partial charge in [0.25, 0.3) is 0 Å².